The first-order valence-electron chi connectivity index (χ1n) is 5.09. The maximum absolute atomic E-state index is 4.22. The van der Waals surface area contributed by atoms with Crippen LogP contribution in [-0.2, 0) is 0 Å². The molecule has 2 rings (SSSR count). The van der Waals surface area contributed by atoms with Gasteiger partial charge in [0, 0.05) is 12.4 Å². The average molecular weight is 179 g/mol. The lowest BCUT2D eigenvalue weighted by atomic mass is 9.85. The van der Waals surface area contributed by atoms with Gasteiger partial charge in [0.25, 0.3) is 0 Å². The number of hydrogen-bond acceptors (Lipinski definition) is 2. The molecular weight excluding hydrogens is 162 g/mol. The smallest absolute Gasteiger partial charge is 0.122 e. The minimum absolute atomic E-state index is 0.357. The molecule has 1 aliphatic carbocycles. The van der Waals surface area contributed by atoms with Gasteiger partial charge in [-0.2, -0.15) is 0 Å². The van der Waals surface area contributed by atoms with Crippen LogP contribution in [0.4, 0.5) is 0 Å². The van der Waals surface area contributed by atoms with Crippen LogP contribution < -0.4 is 5.32 Å². The lowest BCUT2D eigenvalue weighted by Gasteiger charge is -2.26. The highest BCUT2D eigenvalue weighted by Crippen LogP contribution is 2.25. The van der Waals surface area contributed by atoms with E-state index in [4.69, 9.17) is 0 Å². The van der Waals surface area contributed by atoms with E-state index >= 15 is 0 Å². The Morgan fingerprint density at radius 2 is 2.54 bits per heavy atom. The average Bonchev–Trinajstić information content (AvgIpc) is 2.52. The lowest BCUT2D eigenvalue weighted by molar-refractivity contribution is 0.291. The summed E-state index contributed by atoms with van der Waals surface area (Å²) in [6, 6.07) is 0.357. The van der Waals surface area contributed by atoms with Gasteiger partial charge in [-0.1, -0.05) is 6.42 Å². The number of hydrogen-bond donors (Lipinski definition) is 2. The number of nitrogens with zero attached hydrogens (tertiary/aromatic N) is 1. The van der Waals surface area contributed by atoms with Gasteiger partial charge in [-0.05, 0) is 32.2 Å². The highest BCUT2D eigenvalue weighted by atomic mass is 15.0. The first-order chi connectivity index (χ1) is 6.36. The summed E-state index contributed by atoms with van der Waals surface area (Å²) in [7, 11) is 0. The first-order valence-corrected chi connectivity index (χ1v) is 5.09. The molecule has 0 bridgehead atoms. The van der Waals surface area contributed by atoms with Crippen molar-refractivity contribution < 1.29 is 0 Å². The fraction of sp³-hybridized carbons (Fsp3) is 0.700. The Morgan fingerprint density at radius 1 is 1.69 bits per heavy atom. The largest absolute Gasteiger partial charge is 0.347 e. The van der Waals surface area contributed by atoms with Gasteiger partial charge >= 0.3 is 0 Å². The third-order valence-electron chi connectivity index (χ3n) is 2.87. The van der Waals surface area contributed by atoms with Gasteiger partial charge in [0.15, 0.2) is 0 Å². The quantitative estimate of drug-likeness (QED) is 0.740. The van der Waals surface area contributed by atoms with Crippen LogP contribution in [0.3, 0.4) is 0 Å². The minimum Gasteiger partial charge on any atom is -0.347 e. The molecule has 0 amide bonds. The van der Waals surface area contributed by atoms with Crippen molar-refractivity contribution in [2.75, 3.05) is 6.54 Å². The van der Waals surface area contributed by atoms with E-state index in [9.17, 15) is 0 Å². The van der Waals surface area contributed by atoms with Crippen molar-refractivity contribution in [3.63, 3.8) is 0 Å². The second-order valence-corrected chi connectivity index (χ2v) is 3.90. The van der Waals surface area contributed by atoms with Gasteiger partial charge in [0.1, 0.15) is 5.82 Å². The second-order valence-electron chi connectivity index (χ2n) is 3.90. The molecule has 1 aromatic heterocycles. The fourth-order valence-corrected chi connectivity index (χ4v) is 1.65. The maximum Gasteiger partial charge on any atom is 0.122 e. The van der Waals surface area contributed by atoms with E-state index < -0.39 is 0 Å². The maximum atomic E-state index is 4.22. The van der Waals surface area contributed by atoms with Crippen molar-refractivity contribution in [3.05, 3.63) is 18.2 Å². The Morgan fingerprint density at radius 3 is 3.08 bits per heavy atom. The summed E-state index contributed by atoms with van der Waals surface area (Å²) in [5, 5.41) is 3.49. The number of rotatable bonds is 4. The van der Waals surface area contributed by atoms with Crippen LogP contribution in [-0.4, -0.2) is 16.5 Å². The van der Waals surface area contributed by atoms with Crippen LogP contribution in [0.15, 0.2) is 12.4 Å². The van der Waals surface area contributed by atoms with Crippen LogP contribution >= 0.6 is 0 Å². The van der Waals surface area contributed by atoms with Crippen molar-refractivity contribution in [2.24, 2.45) is 5.92 Å². The Balaban J connectivity index is 1.74. The van der Waals surface area contributed by atoms with Crippen LogP contribution in [0.5, 0.6) is 0 Å². The van der Waals surface area contributed by atoms with E-state index in [0.29, 0.717) is 6.04 Å². The molecule has 3 heteroatoms. The molecule has 72 valence electrons. The predicted octanol–water partition coefficient (Wildman–Crippen LogP) is 1.86. The molecule has 0 spiro atoms. The van der Waals surface area contributed by atoms with E-state index in [1.807, 2.05) is 6.20 Å². The summed E-state index contributed by atoms with van der Waals surface area (Å²) in [6.07, 6.45) is 7.89. The number of H-pyrrole nitrogens is 1. The first kappa shape index (κ1) is 8.75. The Labute approximate surface area is 79.0 Å². The van der Waals surface area contributed by atoms with Crippen molar-refractivity contribution in [2.45, 2.75) is 32.2 Å². The molecule has 1 aromatic rings. The van der Waals surface area contributed by atoms with Crippen molar-refractivity contribution in [3.8, 4) is 0 Å². The van der Waals surface area contributed by atoms with Crippen LogP contribution in [0.2, 0.25) is 0 Å². The standard InChI is InChI=1S/C10H17N3/c1-8(10-11-5-6-12-10)13-7-9-3-2-4-9/h5-6,8-9,13H,2-4,7H2,1H3,(H,11,12). The molecule has 1 atom stereocenters. The highest BCUT2D eigenvalue weighted by Gasteiger charge is 2.18. The molecule has 0 saturated heterocycles. The molecule has 0 aliphatic heterocycles. The predicted molar refractivity (Wildman–Crippen MR) is 52.3 cm³/mol. The van der Waals surface area contributed by atoms with Crippen molar-refractivity contribution in [1.29, 1.82) is 0 Å². The van der Waals surface area contributed by atoms with Crippen molar-refractivity contribution in [1.82, 2.24) is 15.3 Å². The van der Waals surface area contributed by atoms with E-state index in [2.05, 4.69) is 22.2 Å². The highest BCUT2D eigenvalue weighted by molar-refractivity contribution is 4.93. The normalized spacial score (nSPS) is 19.8. The molecule has 1 unspecified atom stereocenters. The van der Waals surface area contributed by atoms with E-state index in [-0.39, 0.29) is 0 Å². The van der Waals surface area contributed by atoms with Gasteiger partial charge in [0.2, 0.25) is 0 Å². The Bertz CT molecular complexity index is 239. The summed E-state index contributed by atoms with van der Waals surface area (Å²) >= 11 is 0. The SMILES string of the molecule is CC(NCC1CCC1)c1ncc[nH]1. The number of nitrogens with one attached hydrogen (secondary N) is 2. The lowest BCUT2D eigenvalue weighted by Crippen LogP contribution is -2.29. The van der Waals surface area contributed by atoms with Gasteiger partial charge in [0.05, 0.1) is 6.04 Å². The monoisotopic (exact) mass is 179 g/mol. The third-order valence-corrected chi connectivity index (χ3v) is 2.87. The molecule has 13 heavy (non-hydrogen) atoms. The van der Waals surface area contributed by atoms with Crippen LogP contribution in [0.25, 0.3) is 0 Å². The summed E-state index contributed by atoms with van der Waals surface area (Å²) in [5.74, 6) is 1.96. The number of aromatic nitrogens is 2. The van der Waals surface area contributed by atoms with Crippen molar-refractivity contribution >= 4 is 0 Å². The van der Waals surface area contributed by atoms with Crippen LogP contribution in [0.1, 0.15) is 38.1 Å². The topological polar surface area (TPSA) is 40.7 Å². The van der Waals surface area contributed by atoms with E-state index in [0.717, 1.165) is 18.3 Å². The molecule has 1 aliphatic rings. The molecule has 2 N–H and O–H groups in total. The number of imidazole rings is 1. The number of aromatic amines is 1. The molecule has 0 aromatic carbocycles. The van der Waals surface area contributed by atoms with Gasteiger partial charge in [-0.25, -0.2) is 4.98 Å². The summed E-state index contributed by atoms with van der Waals surface area (Å²) in [4.78, 5) is 7.34. The van der Waals surface area contributed by atoms with E-state index in [1.54, 1.807) is 6.20 Å². The van der Waals surface area contributed by atoms with Gasteiger partial charge in [-0.3, -0.25) is 0 Å². The van der Waals surface area contributed by atoms with Gasteiger partial charge in [-0.15, -0.1) is 0 Å². The summed E-state index contributed by atoms with van der Waals surface area (Å²) in [5.41, 5.74) is 0. The second kappa shape index (κ2) is 3.92. The third kappa shape index (κ3) is 2.10. The zero-order valence-electron chi connectivity index (χ0n) is 8.09. The minimum atomic E-state index is 0.357. The zero-order valence-corrected chi connectivity index (χ0v) is 8.09. The molecular formula is C10H17N3. The molecule has 0 radical (unpaired) electrons. The Hall–Kier alpha value is -0.830. The fourth-order valence-electron chi connectivity index (χ4n) is 1.65. The zero-order chi connectivity index (χ0) is 9.10. The summed E-state index contributed by atoms with van der Waals surface area (Å²) < 4.78 is 0. The molecule has 1 saturated carbocycles. The summed E-state index contributed by atoms with van der Waals surface area (Å²) in [6.45, 7) is 3.29. The Kier molecular flexibility index (Phi) is 2.64. The molecule has 1 fully saturated rings. The molecule has 3 nitrogen and oxygen atoms in total. The molecule has 1 heterocycles. The van der Waals surface area contributed by atoms with E-state index in [1.165, 1.54) is 19.3 Å². The van der Waals surface area contributed by atoms with Crippen LogP contribution in [0, 0.1) is 5.92 Å². The van der Waals surface area contributed by atoms with Gasteiger partial charge < -0.3 is 10.3 Å².